The molecule has 1 aromatic carbocycles. The van der Waals surface area contributed by atoms with E-state index in [9.17, 15) is 14.4 Å². The Morgan fingerprint density at radius 3 is 2.71 bits per heavy atom. The van der Waals surface area contributed by atoms with Crippen molar-refractivity contribution in [2.75, 3.05) is 0 Å². The van der Waals surface area contributed by atoms with Gasteiger partial charge in [0.2, 0.25) is 17.7 Å². The standard InChI is InChI=1S/C18H19N3O3/c22-16-9-15(18(24)20-16)21(12-6-7-12)17(23)8-5-11-10-19-14-4-2-1-3-13(11)14/h1-4,10,12,15,19H,5-9H2,(H,20,22,24)/t15-/m0/s1. The molecule has 1 aliphatic heterocycles. The molecule has 0 radical (unpaired) electrons. The van der Waals surface area contributed by atoms with Crippen molar-refractivity contribution in [3.05, 3.63) is 36.0 Å². The maximum atomic E-state index is 12.7. The fraction of sp³-hybridized carbons (Fsp3) is 0.389. The van der Waals surface area contributed by atoms with Crippen LogP contribution in [-0.2, 0) is 20.8 Å². The largest absolute Gasteiger partial charge is 0.361 e. The zero-order chi connectivity index (χ0) is 16.7. The molecule has 1 atom stereocenters. The predicted molar refractivity (Wildman–Crippen MR) is 88.0 cm³/mol. The summed E-state index contributed by atoms with van der Waals surface area (Å²) in [4.78, 5) is 41.0. The van der Waals surface area contributed by atoms with Crippen LogP contribution in [0.1, 0.15) is 31.2 Å². The fourth-order valence-corrected chi connectivity index (χ4v) is 3.46. The smallest absolute Gasteiger partial charge is 0.249 e. The van der Waals surface area contributed by atoms with Gasteiger partial charge in [0.15, 0.2) is 0 Å². The number of imide groups is 1. The number of rotatable bonds is 5. The molecule has 2 aromatic rings. The van der Waals surface area contributed by atoms with Crippen LogP contribution in [0.15, 0.2) is 30.5 Å². The quantitative estimate of drug-likeness (QED) is 0.818. The number of H-pyrrole nitrogens is 1. The highest BCUT2D eigenvalue weighted by atomic mass is 16.2. The number of hydrogen-bond donors (Lipinski definition) is 2. The summed E-state index contributed by atoms with van der Waals surface area (Å²) >= 11 is 0. The first-order chi connectivity index (χ1) is 11.6. The lowest BCUT2D eigenvalue weighted by atomic mass is 10.1. The van der Waals surface area contributed by atoms with Gasteiger partial charge in [0, 0.05) is 29.6 Å². The molecule has 1 saturated heterocycles. The molecule has 2 aliphatic rings. The number of nitrogens with zero attached hydrogens (tertiary/aromatic N) is 1. The van der Waals surface area contributed by atoms with E-state index >= 15 is 0 Å². The molecule has 4 rings (SSSR count). The number of fused-ring (bicyclic) bond motifs is 1. The summed E-state index contributed by atoms with van der Waals surface area (Å²) in [6.07, 6.45) is 4.82. The van der Waals surface area contributed by atoms with Crippen molar-refractivity contribution in [1.82, 2.24) is 15.2 Å². The van der Waals surface area contributed by atoms with Gasteiger partial charge in [0.05, 0.1) is 6.42 Å². The molecule has 0 spiro atoms. The van der Waals surface area contributed by atoms with Crippen LogP contribution < -0.4 is 5.32 Å². The van der Waals surface area contributed by atoms with E-state index in [1.807, 2.05) is 30.5 Å². The normalized spacial score (nSPS) is 20.4. The molecular weight excluding hydrogens is 306 g/mol. The van der Waals surface area contributed by atoms with Gasteiger partial charge in [-0.1, -0.05) is 18.2 Å². The van der Waals surface area contributed by atoms with E-state index in [0.717, 1.165) is 29.3 Å². The van der Waals surface area contributed by atoms with Crippen molar-refractivity contribution in [3.8, 4) is 0 Å². The molecule has 0 unspecified atom stereocenters. The predicted octanol–water partition coefficient (Wildman–Crippen LogP) is 1.51. The van der Waals surface area contributed by atoms with E-state index in [1.54, 1.807) is 4.90 Å². The van der Waals surface area contributed by atoms with E-state index in [2.05, 4.69) is 10.3 Å². The minimum Gasteiger partial charge on any atom is -0.361 e. The van der Waals surface area contributed by atoms with E-state index < -0.39 is 6.04 Å². The third-order valence-electron chi connectivity index (χ3n) is 4.79. The van der Waals surface area contributed by atoms with Crippen LogP contribution in [-0.4, -0.2) is 39.7 Å². The lowest BCUT2D eigenvalue weighted by molar-refractivity contribution is -0.139. The van der Waals surface area contributed by atoms with Crippen molar-refractivity contribution in [3.63, 3.8) is 0 Å². The maximum Gasteiger partial charge on any atom is 0.249 e. The van der Waals surface area contributed by atoms with E-state index in [4.69, 9.17) is 0 Å². The van der Waals surface area contributed by atoms with Gasteiger partial charge in [-0.05, 0) is 30.9 Å². The zero-order valence-electron chi connectivity index (χ0n) is 13.2. The first kappa shape index (κ1) is 14.9. The summed E-state index contributed by atoms with van der Waals surface area (Å²) < 4.78 is 0. The Kier molecular flexibility index (Phi) is 3.59. The number of carbonyl (C=O) groups excluding carboxylic acids is 3. The summed E-state index contributed by atoms with van der Waals surface area (Å²) in [5, 5.41) is 3.42. The van der Waals surface area contributed by atoms with Crippen LogP contribution in [0.3, 0.4) is 0 Å². The summed E-state index contributed by atoms with van der Waals surface area (Å²) in [5.41, 5.74) is 2.15. The van der Waals surface area contributed by atoms with Gasteiger partial charge in [0.25, 0.3) is 0 Å². The first-order valence-electron chi connectivity index (χ1n) is 8.33. The lowest BCUT2D eigenvalue weighted by Gasteiger charge is -2.26. The number of carbonyl (C=O) groups is 3. The number of aromatic nitrogens is 1. The van der Waals surface area contributed by atoms with E-state index in [-0.39, 0.29) is 30.2 Å². The highest BCUT2D eigenvalue weighted by Gasteiger charge is 2.44. The Bertz CT molecular complexity index is 822. The molecular formula is C18H19N3O3. The Hall–Kier alpha value is -2.63. The second-order valence-electron chi connectivity index (χ2n) is 6.52. The fourth-order valence-electron chi connectivity index (χ4n) is 3.46. The van der Waals surface area contributed by atoms with Crippen LogP contribution in [0.25, 0.3) is 10.9 Å². The number of aryl methyl sites for hydroxylation is 1. The van der Waals surface area contributed by atoms with Gasteiger partial charge >= 0.3 is 0 Å². The second kappa shape index (κ2) is 5.78. The van der Waals surface area contributed by atoms with Crippen LogP contribution in [0, 0.1) is 0 Å². The number of hydrogen-bond acceptors (Lipinski definition) is 3. The van der Waals surface area contributed by atoms with Crippen molar-refractivity contribution in [2.45, 2.75) is 44.2 Å². The Balaban J connectivity index is 1.48. The third-order valence-corrected chi connectivity index (χ3v) is 4.79. The summed E-state index contributed by atoms with van der Waals surface area (Å²) in [7, 11) is 0. The monoisotopic (exact) mass is 325 g/mol. The van der Waals surface area contributed by atoms with Crippen LogP contribution in [0.5, 0.6) is 0 Å². The van der Waals surface area contributed by atoms with Crippen LogP contribution in [0.4, 0.5) is 0 Å². The molecule has 1 aromatic heterocycles. The highest BCUT2D eigenvalue weighted by molar-refractivity contribution is 6.06. The molecule has 1 saturated carbocycles. The van der Waals surface area contributed by atoms with Gasteiger partial charge in [0.1, 0.15) is 6.04 Å². The number of aromatic amines is 1. The summed E-state index contributed by atoms with van der Waals surface area (Å²) in [5.74, 6) is -0.676. The Morgan fingerprint density at radius 2 is 2.00 bits per heavy atom. The first-order valence-corrected chi connectivity index (χ1v) is 8.33. The minimum atomic E-state index is -0.625. The second-order valence-corrected chi connectivity index (χ2v) is 6.52. The highest BCUT2D eigenvalue weighted by Crippen LogP contribution is 2.32. The third kappa shape index (κ3) is 2.68. The van der Waals surface area contributed by atoms with Gasteiger partial charge in [-0.15, -0.1) is 0 Å². The van der Waals surface area contributed by atoms with Gasteiger partial charge in [-0.2, -0.15) is 0 Å². The molecule has 124 valence electrons. The van der Waals surface area contributed by atoms with Gasteiger partial charge < -0.3 is 9.88 Å². The number of para-hydroxylation sites is 1. The van der Waals surface area contributed by atoms with Crippen molar-refractivity contribution in [1.29, 1.82) is 0 Å². The van der Waals surface area contributed by atoms with E-state index in [1.165, 1.54) is 0 Å². The summed E-state index contributed by atoms with van der Waals surface area (Å²) in [6, 6.07) is 7.48. The lowest BCUT2D eigenvalue weighted by Crippen LogP contribution is -2.46. The average molecular weight is 325 g/mol. The molecule has 3 amide bonds. The van der Waals surface area contributed by atoms with Gasteiger partial charge in [-0.25, -0.2) is 0 Å². The number of benzene rings is 1. The molecule has 0 bridgehead atoms. The molecule has 2 heterocycles. The van der Waals surface area contributed by atoms with Crippen molar-refractivity contribution >= 4 is 28.6 Å². The zero-order valence-corrected chi connectivity index (χ0v) is 13.2. The minimum absolute atomic E-state index is 0.0439. The van der Waals surface area contributed by atoms with Gasteiger partial charge in [-0.3, -0.25) is 19.7 Å². The summed E-state index contributed by atoms with van der Waals surface area (Å²) in [6.45, 7) is 0. The molecule has 24 heavy (non-hydrogen) atoms. The molecule has 2 fully saturated rings. The SMILES string of the molecule is O=C1C[C@H](N(C(=O)CCc2c[nH]c3ccccc23)C2CC2)C(=O)N1. The van der Waals surface area contributed by atoms with Crippen LogP contribution in [0.2, 0.25) is 0 Å². The molecule has 6 heteroatoms. The Morgan fingerprint density at radius 1 is 1.21 bits per heavy atom. The van der Waals surface area contributed by atoms with Crippen LogP contribution >= 0.6 is 0 Å². The molecule has 2 N–H and O–H groups in total. The number of amides is 3. The topological polar surface area (TPSA) is 82.3 Å². The number of nitrogens with one attached hydrogen (secondary N) is 2. The average Bonchev–Trinajstić information content (AvgIpc) is 3.22. The molecule has 1 aliphatic carbocycles. The maximum absolute atomic E-state index is 12.7. The van der Waals surface area contributed by atoms with Crippen molar-refractivity contribution in [2.24, 2.45) is 0 Å². The molecule has 6 nitrogen and oxygen atoms in total. The van der Waals surface area contributed by atoms with Crippen molar-refractivity contribution < 1.29 is 14.4 Å². The Labute approximate surface area is 139 Å². The van der Waals surface area contributed by atoms with E-state index in [0.29, 0.717) is 12.8 Å².